The summed E-state index contributed by atoms with van der Waals surface area (Å²) in [4.78, 5) is 0. The van der Waals surface area contributed by atoms with E-state index in [4.69, 9.17) is 9.84 Å². The summed E-state index contributed by atoms with van der Waals surface area (Å²) in [5.41, 5.74) is 3.35. The van der Waals surface area contributed by atoms with E-state index in [0.29, 0.717) is 0 Å². The average Bonchev–Trinajstić information content (AvgIpc) is 1.96. The van der Waals surface area contributed by atoms with Crippen molar-refractivity contribution >= 4 is 0 Å². The molecule has 1 aromatic rings. The van der Waals surface area contributed by atoms with Gasteiger partial charge in [-0.2, -0.15) is 0 Å². The SMILES string of the molecule is Cc1cc(C)c(OC(C)O)c(C)c1. The van der Waals surface area contributed by atoms with Crippen molar-refractivity contribution in [3.63, 3.8) is 0 Å². The Morgan fingerprint density at radius 1 is 1.15 bits per heavy atom. The minimum absolute atomic E-state index is 0.750. The molecule has 0 saturated carbocycles. The number of hydrogen-bond donors (Lipinski definition) is 1. The van der Waals surface area contributed by atoms with Gasteiger partial charge in [0.1, 0.15) is 5.75 Å². The lowest BCUT2D eigenvalue weighted by molar-refractivity contribution is -0.00133. The lowest BCUT2D eigenvalue weighted by Crippen LogP contribution is -2.11. The molecule has 0 bridgehead atoms. The lowest BCUT2D eigenvalue weighted by Gasteiger charge is -2.14. The fourth-order valence-electron chi connectivity index (χ4n) is 1.52. The second kappa shape index (κ2) is 3.79. The Labute approximate surface area is 79.2 Å². The summed E-state index contributed by atoms with van der Waals surface area (Å²) in [7, 11) is 0. The Hall–Kier alpha value is -1.02. The Morgan fingerprint density at radius 3 is 2.00 bits per heavy atom. The number of hydrogen-bond acceptors (Lipinski definition) is 2. The van der Waals surface area contributed by atoms with Crippen molar-refractivity contribution in [2.45, 2.75) is 34.0 Å². The van der Waals surface area contributed by atoms with Crippen LogP contribution in [0.1, 0.15) is 23.6 Å². The molecule has 1 rings (SSSR count). The van der Waals surface area contributed by atoms with E-state index in [9.17, 15) is 0 Å². The molecule has 0 saturated heterocycles. The third kappa shape index (κ3) is 2.46. The van der Waals surface area contributed by atoms with Crippen molar-refractivity contribution in [2.75, 3.05) is 0 Å². The van der Waals surface area contributed by atoms with E-state index < -0.39 is 6.29 Å². The molecule has 1 aromatic carbocycles. The minimum atomic E-state index is -0.750. The summed E-state index contributed by atoms with van der Waals surface area (Å²) >= 11 is 0. The first-order valence-electron chi connectivity index (χ1n) is 4.43. The van der Waals surface area contributed by atoms with Crippen molar-refractivity contribution in [1.82, 2.24) is 0 Å². The standard InChI is InChI=1S/C11H16O2/c1-7-5-8(2)11(9(3)6-7)13-10(4)12/h5-6,10,12H,1-4H3. The molecule has 0 aromatic heterocycles. The lowest BCUT2D eigenvalue weighted by atomic mass is 10.1. The van der Waals surface area contributed by atoms with E-state index in [1.54, 1.807) is 6.92 Å². The van der Waals surface area contributed by atoms with Gasteiger partial charge in [-0.1, -0.05) is 17.7 Å². The van der Waals surface area contributed by atoms with Crippen LogP contribution >= 0.6 is 0 Å². The maximum Gasteiger partial charge on any atom is 0.194 e. The van der Waals surface area contributed by atoms with E-state index >= 15 is 0 Å². The van der Waals surface area contributed by atoms with Crippen LogP contribution in [0.5, 0.6) is 5.75 Å². The Bertz CT molecular complexity index is 280. The molecule has 1 atom stereocenters. The molecular weight excluding hydrogens is 164 g/mol. The molecular formula is C11H16O2. The van der Waals surface area contributed by atoms with Crippen LogP contribution in [-0.2, 0) is 0 Å². The van der Waals surface area contributed by atoms with Gasteiger partial charge in [-0.25, -0.2) is 0 Å². The zero-order chi connectivity index (χ0) is 10.0. The van der Waals surface area contributed by atoms with Crippen LogP contribution in [0.15, 0.2) is 12.1 Å². The summed E-state index contributed by atoms with van der Waals surface area (Å²) in [5, 5.41) is 9.10. The highest BCUT2D eigenvalue weighted by Crippen LogP contribution is 2.25. The molecule has 0 aliphatic rings. The van der Waals surface area contributed by atoms with Crippen molar-refractivity contribution in [3.8, 4) is 5.75 Å². The van der Waals surface area contributed by atoms with Crippen LogP contribution in [-0.4, -0.2) is 11.4 Å². The Morgan fingerprint density at radius 2 is 1.62 bits per heavy atom. The van der Waals surface area contributed by atoms with Crippen molar-refractivity contribution in [2.24, 2.45) is 0 Å². The monoisotopic (exact) mass is 180 g/mol. The van der Waals surface area contributed by atoms with E-state index in [1.165, 1.54) is 5.56 Å². The van der Waals surface area contributed by atoms with Crippen LogP contribution in [0.2, 0.25) is 0 Å². The van der Waals surface area contributed by atoms with Gasteiger partial charge < -0.3 is 9.84 Å². The quantitative estimate of drug-likeness (QED) is 0.708. The van der Waals surface area contributed by atoms with Crippen LogP contribution in [0.4, 0.5) is 0 Å². The van der Waals surface area contributed by atoms with Crippen LogP contribution < -0.4 is 4.74 Å². The maximum atomic E-state index is 9.10. The number of rotatable bonds is 2. The van der Waals surface area contributed by atoms with Crippen molar-refractivity contribution < 1.29 is 9.84 Å². The zero-order valence-corrected chi connectivity index (χ0v) is 8.59. The molecule has 0 fully saturated rings. The van der Waals surface area contributed by atoms with Crippen molar-refractivity contribution in [3.05, 3.63) is 28.8 Å². The summed E-state index contributed by atoms with van der Waals surface area (Å²) in [5.74, 6) is 0.792. The van der Waals surface area contributed by atoms with Crippen LogP contribution in [0.3, 0.4) is 0 Å². The Balaban J connectivity index is 3.06. The van der Waals surface area contributed by atoms with Gasteiger partial charge in [-0.15, -0.1) is 0 Å². The van der Waals surface area contributed by atoms with Crippen LogP contribution in [0, 0.1) is 20.8 Å². The summed E-state index contributed by atoms with van der Waals surface area (Å²) in [6.45, 7) is 7.63. The highest BCUT2D eigenvalue weighted by Gasteiger charge is 2.06. The van der Waals surface area contributed by atoms with Crippen molar-refractivity contribution in [1.29, 1.82) is 0 Å². The molecule has 0 radical (unpaired) electrons. The summed E-state index contributed by atoms with van der Waals surface area (Å²) in [6, 6.07) is 4.09. The molecule has 2 heteroatoms. The molecule has 0 spiro atoms. The van der Waals surface area contributed by atoms with Crippen LogP contribution in [0.25, 0.3) is 0 Å². The molecule has 13 heavy (non-hydrogen) atoms. The fraction of sp³-hybridized carbons (Fsp3) is 0.455. The second-order valence-corrected chi connectivity index (χ2v) is 3.45. The van der Waals surface area contributed by atoms with E-state index in [0.717, 1.165) is 16.9 Å². The number of benzene rings is 1. The third-order valence-corrected chi connectivity index (χ3v) is 1.89. The topological polar surface area (TPSA) is 29.5 Å². The first-order valence-corrected chi connectivity index (χ1v) is 4.43. The number of ether oxygens (including phenoxy) is 1. The largest absolute Gasteiger partial charge is 0.465 e. The summed E-state index contributed by atoms with van der Waals surface area (Å²) in [6.07, 6.45) is -0.750. The molecule has 0 heterocycles. The second-order valence-electron chi connectivity index (χ2n) is 3.45. The molecule has 72 valence electrons. The molecule has 0 amide bonds. The van der Waals surface area contributed by atoms with E-state index in [2.05, 4.69) is 0 Å². The van der Waals surface area contributed by atoms with Gasteiger partial charge in [0, 0.05) is 0 Å². The average molecular weight is 180 g/mol. The van der Waals surface area contributed by atoms with Gasteiger partial charge in [0.15, 0.2) is 6.29 Å². The van der Waals surface area contributed by atoms with E-state index in [1.807, 2.05) is 32.9 Å². The fourth-order valence-corrected chi connectivity index (χ4v) is 1.52. The van der Waals surface area contributed by atoms with Gasteiger partial charge in [-0.05, 0) is 38.8 Å². The number of aliphatic hydroxyl groups excluding tert-OH is 1. The molecule has 1 N–H and O–H groups in total. The molecule has 0 aliphatic heterocycles. The van der Waals surface area contributed by atoms with Gasteiger partial charge in [-0.3, -0.25) is 0 Å². The van der Waals surface area contributed by atoms with Gasteiger partial charge in [0.25, 0.3) is 0 Å². The zero-order valence-electron chi connectivity index (χ0n) is 8.59. The van der Waals surface area contributed by atoms with Gasteiger partial charge >= 0.3 is 0 Å². The number of aryl methyl sites for hydroxylation is 3. The molecule has 2 nitrogen and oxygen atoms in total. The van der Waals surface area contributed by atoms with Gasteiger partial charge in [0.2, 0.25) is 0 Å². The maximum absolute atomic E-state index is 9.10. The third-order valence-electron chi connectivity index (χ3n) is 1.89. The molecule has 1 unspecified atom stereocenters. The smallest absolute Gasteiger partial charge is 0.194 e. The Kier molecular flexibility index (Phi) is 2.94. The summed E-state index contributed by atoms with van der Waals surface area (Å²) < 4.78 is 5.29. The molecule has 0 aliphatic carbocycles. The predicted octanol–water partition coefficient (Wildman–Crippen LogP) is 2.33. The normalized spacial score (nSPS) is 12.7. The van der Waals surface area contributed by atoms with E-state index in [-0.39, 0.29) is 0 Å². The van der Waals surface area contributed by atoms with Gasteiger partial charge in [0.05, 0.1) is 0 Å². The minimum Gasteiger partial charge on any atom is -0.465 e. The first kappa shape index (κ1) is 10.1. The predicted molar refractivity (Wildman–Crippen MR) is 53.0 cm³/mol. The highest BCUT2D eigenvalue weighted by molar-refractivity contribution is 5.42. The number of aliphatic hydroxyl groups is 1. The highest BCUT2D eigenvalue weighted by atomic mass is 16.6. The first-order chi connectivity index (χ1) is 6.00.